The van der Waals surface area contributed by atoms with E-state index in [2.05, 4.69) is 42.3 Å². The van der Waals surface area contributed by atoms with E-state index in [-0.39, 0.29) is 48.0 Å². The molecule has 0 atom stereocenters. The second kappa shape index (κ2) is 9.57. The summed E-state index contributed by atoms with van der Waals surface area (Å²) in [5, 5.41) is 20.3. The summed E-state index contributed by atoms with van der Waals surface area (Å²) in [6, 6.07) is 11.5. The lowest BCUT2D eigenvalue weighted by molar-refractivity contribution is -0.884. The zero-order valence-electron chi connectivity index (χ0n) is 16.4. The summed E-state index contributed by atoms with van der Waals surface area (Å²) < 4.78 is 1.50. The Morgan fingerprint density at radius 2 is 0.923 bits per heavy atom. The monoisotopic (exact) mass is 584 g/mol. The van der Waals surface area contributed by atoms with Gasteiger partial charge in [-0.25, -0.2) is 0 Å². The van der Waals surface area contributed by atoms with E-state index in [1.54, 1.807) is 12.1 Å². The van der Waals surface area contributed by atoms with E-state index in [1.807, 2.05) is 24.3 Å². The molecule has 2 rings (SSSR count). The Morgan fingerprint density at radius 1 is 0.615 bits per heavy atom. The number of aromatic hydroxyl groups is 2. The maximum atomic E-state index is 10.1. The van der Waals surface area contributed by atoms with Gasteiger partial charge in [0.2, 0.25) is 0 Å². The molecular weight excluding hydrogens is 554 g/mol. The average Bonchev–Trinajstić information content (AvgIpc) is 2.41. The van der Waals surface area contributed by atoms with Crippen LogP contribution >= 0.6 is 0 Å². The van der Waals surface area contributed by atoms with Crippen LogP contribution in [0.3, 0.4) is 0 Å². The Labute approximate surface area is 191 Å². The van der Waals surface area contributed by atoms with Crippen LogP contribution in [-0.2, 0) is 13.1 Å². The molecule has 0 amide bonds. The molecule has 0 spiro atoms. The molecule has 2 aromatic carbocycles. The molecule has 0 radical (unpaired) electrons. The third kappa shape index (κ3) is 7.58. The van der Waals surface area contributed by atoms with Gasteiger partial charge in [0, 0.05) is 11.1 Å². The lowest BCUT2D eigenvalue weighted by atomic mass is 9.99. The number of phenolic OH excluding ortho intramolecular Hbond substituents is 2. The second-order valence-electron chi connectivity index (χ2n) is 8.58. The van der Waals surface area contributed by atoms with Crippen molar-refractivity contribution in [1.82, 2.24) is 0 Å². The first kappa shape index (κ1) is 25.4. The van der Waals surface area contributed by atoms with E-state index < -0.39 is 0 Å². The van der Waals surface area contributed by atoms with E-state index >= 15 is 0 Å². The van der Waals surface area contributed by atoms with Crippen molar-refractivity contribution in [1.29, 1.82) is 0 Å². The molecule has 0 heterocycles. The van der Waals surface area contributed by atoms with Crippen molar-refractivity contribution in [2.75, 3.05) is 42.3 Å². The number of hydrogen-bond acceptors (Lipinski definition) is 2. The maximum Gasteiger partial charge on any atom is 0.124 e. The topological polar surface area (TPSA) is 40.5 Å². The Bertz CT molecular complexity index is 672. The number of nitrogens with zero attached hydrogens (tertiary/aromatic N) is 2. The third-order valence-electron chi connectivity index (χ3n) is 3.78. The van der Waals surface area contributed by atoms with Crippen LogP contribution in [0.4, 0.5) is 0 Å². The van der Waals surface area contributed by atoms with Gasteiger partial charge >= 0.3 is 0 Å². The molecule has 2 N–H and O–H groups in total. The van der Waals surface area contributed by atoms with Crippen LogP contribution < -0.4 is 48.0 Å². The summed E-state index contributed by atoms with van der Waals surface area (Å²) in [6.07, 6.45) is 0. The predicted octanol–water partition coefficient (Wildman–Crippen LogP) is -2.81. The minimum Gasteiger partial charge on any atom is -1.00 e. The molecule has 2 aromatic rings. The SMILES string of the molecule is C[N+](C)(C)Cc1cc(-c2ccc(O)c(C[N+](C)(C)C)c2)ccc1O.[I-].[I-]. The Hall–Kier alpha value is -0.580. The van der Waals surface area contributed by atoms with E-state index in [0.29, 0.717) is 11.5 Å². The van der Waals surface area contributed by atoms with Crippen LogP contribution in [0.25, 0.3) is 11.1 Å². The fourth-order valence-corrected chi connectivity index (χ4v) is 2.81. The highest BCUT2D eigenvalue weighted by Crippen LogP contribution is 2.31. The molecular formula is C20H30I2N2O2. The van der Waals surface area contributed by atoms with Crippen molar-refractivity contribution in [3.63, 3.8) is 0 Å². The van der Waals surface area contributed by atoms with E-state index in [4.69, 9.17) is 0 Å². The van der Waals surface area contributed by atoms with Crippen molar-refractivity contribution in [2.45, 2.75) is 13.1 Å². The minimum absolute atomic E-state index is 0. The van der Waals surface area contributed by atoms with Gasteiger partial charge in [0.05, 0.1) is 42.3 Å². The highest BCUT2D eigenvalue weighted by Gasteiger charge is 2.16. The smallest absolute Gasteiger partial charge is 0.124 e. The molecule has 0 bridgehead atoms. The summed E-state index contributed by atoms with van der Waals surface area (Å²) in [5.41, 5.74) is 3.97. The molecule has 0 saturated heterocycles. The van der Waals surface area contributed by atoms with Gasteiger partial charge in [-0.05, 0) is 35.4 Å². The fourth-order valence-electron chi connectivity index (χ4n) is 2.81. The van der Waals surface area contributed by atoms with Crippen molar-refractivity contribution in [3.05, 3.63) is 47.5 Å². The molecule has 146 valence electrons. The first-order valence-electron chi connectivity index (χ1n) is 8.20. The van der Waals surface area contributed by atoms with Gasteiger partial charge in [-0.15, -0.1) is 0 Å². The zero-order chi connectivity index (χ0) is 18.1. The largest absolute Gasteiger partial charge is 1.00 e. The van der Waals surface area contributed by atoms with E-state index in [0.717, 1.165) is 44.3 Å². The normalized spacial score (nSPS) is 11.5. The van der Waals surface area contributed by atoms with E-state index in [1.165, 1.54) is 0 Å². The van der Waals surface area contributed by atoms with Crippen LogP contribution in [0.15, 0.2) is 36.4 Å². The number of hydrogen-bond donors (Lipinski definition) is 2. The number of benzene rings is 2. The van der Waals surface area contributed by atoms with Gasteiger partial charge in [0.15, 0.2) is 0 Å². The molecule has 0 fully saturated rings. The summed E-state index contributed by atoms with van der Waals surface area (Å²) in [5.74, 6) is 0.661. The maximum absolute atomic E-state index is 10.1. The first-order chi connectivity index (χ1) is 10.9. The number of quaternary nitrogens is 2. The summed E-state index contributed by atoms with van der Waals surface area (Å²) in [6.45, 7) is 1.51. The van der Waals surface area contributed by atoms with Crippen molar-refractivity contribution in [3.8, 4) is 22.6 Å². The Kier molecular flexibility index (Phi) is 9.35. The molecule has 0 aromatic heterocycles. The quantitative estimate of drug-likeness (QED) is 0.295. The van der Waals surface area contributed by atoms with Gasteiger partial charge in [-0.1, -0.05) is 12.1 Å². The third-order valence-corrected chi connectivity index (χ3v) is 3.78. The van der Waals surface area contributed by atoms with Crippen molar-refractivity contribution < 1.29 is 67.1 Å². The number of phenols is 2. The van der Waals surface area contributed by atoms with Crippen LogP contribution in [0.2, 0.25) is 0 Å². The highest BCUT2D eigenvalue weighted by molar-refractivity contribution is 5.67. The lowest BCUT2D eigenvalue weighted by Gasteiger charge is -2.25. The summed E-state index contributed by atoms with van der Waals surface area (Å²) in [7, 11) is 12.6. The van der Waals surface area contributed by atoms with Gasteiger partial charge in [0.1, 0.15) is 24.6 Å². The standard InChI is InChI=1S/C20H28N2O2.2HI/c1-21(2,3)13-17-11-15(7-9-19(17)23)16-8-10-20(24)18(12-16)14-22(4,5)6;;/h7-12H,13-14H2,1-6H3;2*1H. The molecule has 26 heavy (non-hydrogen) atoms. The fraction of sp³-hybridized carbons (Fsp3) is 0.400. The van der Waals surface area contributed by atoms with Gasteiger partial charge in [0.25, 0.3) is 0 Å². The number of rotatable bonds is 5. The highest BCUT2D eigenvalue weighted by atomic mass is 127. The number of halogens is 2. The van der Waals surface area contributed by atoms with Gasteiger partial charge < -0.3 is 67.1 Å². The van der Waals surface area contributed by atoms with Crippen molar-refractivity contribution >= 4 is 0 Å². The van der Waals surface area contributed by atoms with Crippen LogP contribution in [0, 0.1) is 0 Å². The summed E-state index contributed by atoms with van der Waals surface area (Å²) in [4.78, 5) is 0. The molecule has 4 nitrogen and oxygen atoms in total. The predicted molar refractivity (Wildman–Crippen MR) is 98.7 cm³/mol. The second-order valence-corrected chi connectivity index (χ2v) is 8.58. The van der Waals surface area contributed by atoms with Crippen molar-refractivity contribution in [2.24, 2.45) is 0 Å². The Morgan fingerprint density at radius 3 is 1.19 bits per heavy atom. The molecule has 6 heteroatoms. The van der Waals surface area contributed by atoms with Gasteiger partial charge in [-0.2, -0.15) is 0 Å². The molecule has 0 aliphatic heterocycles. The minimum atomic E-state index is 0. The van der Waals surface area contributed by atoms with Crippen LogP contribution in [0.1, 0.15) is 11.1 Å². The van der Waals surface area contributed by atoms with Crippen LogP contribution in [0.5, 0.6) is 11.5 Å². The van der Waals surface area contributed by atoms with Crippen LogP contribution in [-0.4, -0.2) is 61.5 Å². The van der Waals surface area contributed by atoms with Gasteiger partial charge in [-0.3, -0.25) is 0 Å². The lowest BCUT2D eigenvalue weighted by Crippen LogP contribution is -3.00. The van der Waals surface area contributed by atoms with E-state index in [9.17, 15) is 10.2 Å². The molecule has 0 saturated carbocycles. The summed E-state index contributed by atoms with van der Waals surface area (Å²) >= 11 is 0. The molecule has 0 aliphatic rings. The molecule has 0 unspecified atom stereocenters. The molecule has 0 aliphatic carbocycles. The first-order valence-corrected chi connectivity index (χ1v) is 8.20. The Balaban J connectivity index is 0.00000312. The zero-order valence-corrected chi connectivity index (χ0v) is 20.7. The average molecular weight is 584 g/mol.